The summed E-state index contributed by atoms with van der Waals surface area (Å²) in [5.74, 6) is 0.127. The van der Waals surface area contributed by atoms with Gasteiger partial charge in [-0.3, -0.25) is 14.5 Å². The Morgan fingerprint density at radius 3 is 2.50 bits per heavy atom. The van der Waals surface area contributed by atoms with E-state index in [9.17, 15) is 14.4 Å². The predicted octanol–water partition coefficient (Wildman–Crippen LogP) is 3.74. The number of rotatable bonds is 9. The third-order valence-electron chi connectivity index (χ3n) is 9.42. The number of urea groups is 1. The van der Waals surface area contributed by atoms with Crippen molar-refractivity contribution in [2.24, 2.45) is 5.92 Å². The Morgan fingerprint density at radius 1 is 1.05 bits per heavy atom. The number of hydrogen-bond donors (Lipinski definition) is 2. The molecule has 3 aliphatic rings. The normalized spacial score (nSPS) is 21.9. The van der Waals surface area contributed by atoms with Crippen LogP contribution in [0.5, 0.6) is 0 Å². The molecule has 1 aromatic heterocycles. The van der Waals surface area contributed by atoms with Gasteiger partial charge in [0.1, 0.15) is 6.04 Å². The van der Waals surface area contributed by atoms with Gasteiger partial charge in [-0.25, -0.2) is 4.79 Å². The van der Waals surface area contributed by atoms with E-state index in [4.69, 9.17) is 0 Å². The van der Waals surface area contributed by atoms with Gasteiger partial charge in [0.2, 0.25) is 11.8 Å². The zero-order chi connectivity index (χ0) is 28.4. The van der Waals surface area contributed by atoms with Crippen molar-refractivity contribution in [3.05, 3.63) is 30.0 Å². The molecule has 1 aliphatic carbocycles. The molecule has 218 valence electrons. The van der Waals surface area contributed by atoms with Gasteiger partial charge in [0.15, 0.2) is 0 Å². The molecule has 1 saturated carbocycles. The molecule has 2 aliphatic heterocycles. The van der Waals surface area contributed by atoms with E-state index in [1.54, 1.807) is 11.9 Å². The highest BCUT2D eigenvalue weighted by Gasteiger charge is 2.39. The number of likely N-dealkylation sites (tertiary alicyclic amines) is 1. The fourth-order valence-corrected chi connectivity index (χ4v) is 6.76. The summed E-state index contributed by atoms with van der Waals surface area (Å²) >= 11 is 0. The van der Waals surface area contributed by atoms with Gasteiger partial charge in [-0.15, -0.1) is 0 Å². The summed E-state index contributed by atoms with van der Waals surface area (Å²) in [5.41, 5.74) is 3.28. The summed E-state index contributed by atoms with van der Waals surface area (Å²) in [4.78, 5) is 45.7. The number of hydrogen-bond acceptors (Lipinski definition) is 4. The summed E-state index contributed by atoms with van der Waals surface area (Å²) in [5, 5.41) is 7.24. The lowest BCUT2D eigenvalue weighted by Gasteiger charge is -2.35. The van der Waals surface area contributed by atoms with E-state index >= 15 is 0 Å². The van der Waals surface area contributed by atoms with Gasteiger partial charge in [0.05, 0.1) is 17.2 Å². The molecule has 40 heavy (non-hydrogen) atoms. The van der Waals surface area contributed by atoms with Crippen LogP contribution in [0.15, 0.2) is 24.4 Å². The van der Waals surface area contributed by atoms with E-state index in [1.807, 2.05) is 23.8 Å². The first-order valence-corrected chi connectivity index (χ1v) is 15.2. The molecule has 3 fully saturated rings. The van der Waals surface area contributed by atoms with Crippen LogP contribution in [-0.2, 0) is 22.6 Å². The molecule has 0 bridgehead atoms. The van der Waals surface area contributed by atoms with Crippen molar-refractivity contribution in [3.63, 3.8) is 0 Å². The summed E-state index contributed by atoms with van der Waals surface area (Å²) < 4.78 is 2.24. The van der Waals surface area contributed by atoms with Gasteiger partial charge in [0.25, 0.3) is 0 Å². The monoisotopic (exact) mass is 550 g/mol. The topological polar surface area (TPSA) is 89.9 Å². The van der Waals surface area contributed by atoms with E-state index in [2.05, 4.69) is 46.5 Å². The molecule has 3 atom stereocenters. The highest BCUT2D eigenvalue weighted by Crippen LogP contribution is 2.34. The van der Waals surface area contributed by atoms with Crippen LogP contribution in [0.2, 0.25) is 0 Å². The second kappa shape index (κ2) is 12.2. The molecule has 9 nitrogen and oxygen atoms in total. The van der Waals surface area contributed by atoms with Crippen LogP contribution in [0.3, 0.4) is 0 Å². The Bertz CT molecular complexity index is 1240. The van der Waals surface area contributed by atoms with Crippen molar-refractivity contribution in [1.29, 1.82) is 0 Å². The minimum absolute atomic E-state index is 0.0282. The third kappa shape index (κ3) is 5.57. The van der Waals surface area contributed by atoms with E-state index in [-0.39, 0.29) is 35.8 Å². The van der Waals surface area contributed by atoms with Crippen LogP contribution in [0.1, 0.15) is 64.4 Å². The van der Waals surface area contributed by atoms with Crippen molar-refractivity contribution in [2.75, 3.05) is 38.6 Å². The van der Waals surface area contributed by atoms with Crippen LogP contribution in [0, 0.1) is 5.92 Å². The molecular formula is C31H46N6O3. The summed E-state index contributed by atoms with van der Waals surface area (Å²) in [6.45, 7) is 6.75. The van der Waals surface area contributed by atoms with Gasteiger partial charge >= 0.3 is 6.03 Å². The number of amides is 4. The third-order valence-corrected chi connectivity index (χ3v) is 9.42. The van der Waals surface area contributed by atoms with Crippen molar-refractivity contribution >= 4 is 34.4 Å². The van der Waals surface area contributed by atoms with Gasteiger partial charge in [-0.05, 0) is 69.7 Å². The fourth-order valence-electron chi connectivity index (χ4n) is 6.76. The lowest BCUT2D eigenvalue weighted by Crippen LogP contribution is -2.56. The maximum absolute atomic E-state index is 14.2. The molecule has 3 heterocycles. The Morgan fingerprint density at radius 2 is 1.82 bits per heavy atom. The number of fused-ring (bicyclic) bond motifs is 1. The summed E-state index contributed by atoms with van der Waals surface area (Å²) in [6, 6.07) is 5.78. The van der Waals surface area contributed by atoms with Crippen molar-refractivity contribution in [1.82, 2.24) is 25.0 Å². The largest absolute Gasteiger partial charge is 0.343 e. The van der Waals surface area contributed by atoms with Gasteiger partial charge in [-0.2, -0.15) is 0 Å². The Kier molecular flexibility index (Phi) is 8.68. The molecule has 0 spiro atoms. The number of aromatic nitrogens is 1. The van der Waals surface area contributed by atoms with Gasteiger partial charge < -0.3 is 25.0 Å². The quantitative estimate of drug-likeness (QED) is 0.498. The van der Waals surface area contributed by atoms with E-state index in [1.165, 1.54) is 12.0 Å². The Labute approximate surface area is 238 Å². The van der Waals surface area contributed by atoms with Crippen LogP contribution in [0.4, 0.5) is 10.5 Å². The number of likely N-dealkylation sites (N-methyl/N-ethyl adjacent to an activating group) is 2. The van der Waals surface area contributed by atoms with Crippen LogP contribution in [-0.4, -0.2) is 84.1 Å². The molecule has 4 amide bonds. The second-order valence-corrected chi connectivity index (χ2v) is 11.9. The summed E-state index contributed by atoms with van der Waals surface area (Å²) in [7, 11) is 3.62. The minimum Gasteiger partial charge on any atom is -0.343 e. The second-order valence-electron chi connectivity index (χ2n) is 11.9. The number of carbonyl (C=O) groups is 3. The highest BCUT2D eigenvalue weighted by atomic mass is 16.2. The van der Waals surface area contributed by atoms with Gasteiger partial charge in [-0.1, -0.05) is 32.3 Å². The van der Waals surface area contributed by atoms with Crippen LogP contribution in [0.25, 0.3) is 10.9 Å². The zero-order valence-electron chi connectivity index (χ0n) is 24.6. The van der Waals surface area contributed by atoms with Gasteiger partial charge in [0, 0.05) is 50.9 Å². The Balaban J connectivity index is 1.42. The maximum Gasteiger partial charge on any atom is 0.324 e. The highest BCUT2D eigenvalue weighted by molar-refractivity contribution is 6.04. The molecule has 1 aromatic carbocycles. The lowest BCUT2D eigenvalue weighted by atomic mass is 9.83. The average molecular weight is 551 g/mol. The minimum atomic E-state index is -0.481. The molecule has 3 unspecified atom stereocenters. The number of anilines is 1. The first kappa shape index (κ1) is 28.5. The smallest absolute Gasteiger partial charge is 0.324 e. The van der Waals surface area contributed by atoms with Crippen molar-refractivity contribution < 1.29 is 14.4 Å². The van der Waals surface area contributed by atoms with Crippen LogP contribution < -0.4 is 15.5 Å². The van der Waals surface area contributed by atoms with E-state index in [0.29, 0.717) is 26.2 Å². The molecular weight excluding hydrogens is 504 g/mol. The summed E-state index contributed by atoms with van der Waals surface area (Å²) in [6.07, 6.45) is 10.3. The molecule has 9 heteroatoms. The molecule has 5 rings (SSSR count). The van der Waals surface area contributed by atoms with E-state index in [0.717, 1.165) is 61.5 Å². The first-order valence-electron chi connectivity index (χ1n) is 15.2. The molecule has 0 radical (unpaired) electrons. The van der Waals surface area contributed by atoms with Crippen molar-refractivity contribution in [2.45, 2.75) is 89.9 Å². The van der Waals surface area contributed by atoms with Crippen molar-refractivity contribution in [3.8, 4) is 0 Å². The average Bonchev–Trinajstić information content (AvgIpc) is 3.68. The number of benzene rings is 1. The predicted molar refractivity (Wildman–Crippen MR) is 158 cm³/mol. The SMILES string of the molecule is CCc1ccc2c(c1)c(N1CCN(C)C1=O)cn2CC1CCCN1C(=O)C(NC(=O)C(C)NC)C1CCCCC1. The lowest BCUT2D eigenvalue weighted by molar-refractivity contribution is -0.139. The number of carbonyl (C=O) groups excluding carboxylic acids is 3. The Hall–Kier alpha value is -3.07. The number of nitrogens with one attached hydrogen (secondary N) is 2. The van der Waals surface area contributed by atoms with E-state index < -0.39 is 6.04 Å². The number of aryl methyl sites for hydroxylation is 1. The standard InChI is InChI=1S/C31H46N6O3/c1-5-22-13-14-26-25(18-22)27(37-17-16-34(4)31(37)40)20-35(26)19-24-12-9-15-36(24)30(39)28(23-10-7-6-8-11-23)33-29(38)21(2)32-3/h13-14,18,20-21,23-24,28,32H,5-12,15-17,19H2,1-4H3,(H,33,38). The molecule has 2 saturated heterocycles. The van der Waals surface area contributed by atoms with Crippen LogP contribution >= 0.6 is 0 Å². The first-order chi connectivity index (χ1) is 19.3. The zero-order valence-corrected chi connectivity index (χ0v) is 24.6. The number of nitrogens with zero attached hydrogens (tertiary/aromatic N) is 4. The molecule has 2 aromatic rings. The fraction of sp³-hybridized carbons (Fsp3) is 0.645. The molecule has 2 N–H and O–H groups in total. The maximum atomic E-state index is 14.2.